The van der Waals surface area contributed by atoms with E-state index in [9.17, 15) is 24.2 Å². The highest BCUT2D eigenvalue weighted by atomic mass is 35.5. The number of benzene rings is 1. The normalized spacial score (nSPS) is 26.3. The molecule has 5 rings (SSSR count). The van der Waals surface area contributed by atoms with E-state index in [2.05, 4.69) is 32.0 Å². The summed E-state index contributed by atoms with van der Waals surface area (Å²) in [5, 5.41) is 21.1. The number of rotatable bonds is 8. The zero-order chi connectivity index (χ0) is 27.9. The van der Waals surface area contributed by atoms with E-state index in [4.69, 9.17) is 30.6 Å². The monoisotopic (exact) mass is 603 g/mol. The number of fused-ring (bicyclic) bond motifs is 1. The SMILES string of the molecule is O=P(O)(O)CP(=O)(O)OCC1OC(n2cnc3c(N4CCC(c5ccccc5)CC4)nc(Cl)nc32)C(O)C1O. The van der Waals surface area contributed by atoms with Crippen LogP contribution < -0.4 is 4.90 Å². The standard InChI is InChI=1S/C22H28ClN5O9P2/c23-22-25-19(27-8-6-14(7-9-27)13-4-2-1-3-5-13)16-20(26-22)28(11-24-16)21-18(30)17(29)15(37-21)10-36-39(34,35)12-38(31,32)33/h1-5,11,14-15,17-18,21,29-30H,6-10,12H2,(H,34,35)(H2,31,32,33). The van der Waals surface area contributed by atoms with Crippen LogP contribution in [0.25, 0.3) is 11.2 Å². The van der Waals surface area contributed by atoms with Gasteiger partial charge in [-0.15, -0.1) is 0 Å². The molecule has 4 heterocycles. The second kappa shape index (κ2) is 11.1. The van der Waals surface area contributed by atoms with Crippen molar-refractivity contribution in [2.45, 2.75) is 43.3 Å². The molecule has 2 fully saturated rings. The molecule has 0 bridgehead atoms. The predicted molar refractivity (Wildman–Crippen MR) is 140 cm³/mol. The van der Waals surface area contributed by atoms with Gasteiger partial charge in [-0.1, -0.05) is 30.3 Å². The average Bonchev–Trinajstić information content (AvgIpc) is 3.42. The molecule has 3 aromatic rings. The van der Waals surface area contributed by atoms with Gasteiger partial charge in [-0.25, -0.2) is 4.98 Å². The number of hydrogen-bond acceptors (Lipinski definition) is 10. The van der Waals surface area contributed by atoms with Crippen LogP contribution in [0.2, 0.25) is 5.28 Å². The van der Waals surface area contributed by atoms with Gasteiger partial charge in [-0.05, 0) is 35.9 Å². The van der Waals surface area contributed by atoms with Crippen molar-refractivity contribution in [3.05, 3.63) is 47.5 Å². The molecule has 0 aliphatic carbocycles. The molecular formula is C22H28ClN5O9P2. The maximum absolute atomic E-state index is 12.0. The Bertz CT molecular complexity index is 1420. The minimum Gasteiger partial charge on any atom is -0.387 e. The summed E-state index contributed by atoms with van der Waals surface area (Å²) in [7, 11) is -9.51. The Morgan fingerprint density at radius 1 is 1.05 bits per heavy atom. The van der Waals surface area contributed by atoms with E-state index in [1.165, 1.54) is 16.5 Å². The van der Waals surface area contributed by atoms with Gasteiger partial charge in [0.25, 0.3) is 0 Å². The van der Waals surface area contributed by atoms with Crippen LogP contribution >= 0.6 is 26.8 Å². The van der Waals surface area contributed by atoms with E-state index in [0.717, 1.165) is 12.8 Å². The zero-order valence-electron chi connectivity index (χ0n) is 20.5. The highest BCUT2D eigenvalue weighted by molar-refractivity contribution is 7.70. The Hall–Kier alpha value is -1.96. The van der Waals surface area contributed by atoms with E-state index >= 15 is 0 Å². The second-order valence-electron chi connectivity index (χ2n) is 9.60. The third-order valence-electron chi connectivity index (χ3n) is 6.86. The zero-order valence-corrected chi connectivity index (χ0v) is 23.0. The van der Waals surface area contributed by atoms with Crippen molar-refractivity contribution in [2.75, 3.05) is 30.5 Å². The summed E-state index contributed by atoms with van der Waals surface area (Å²) in [6.45, 7) is 0.725. The summed E-state index contributed by atoms with van der Waals surface area (Å²) < 4.78 is 34.9. The van der Waals surface area contributed by atoms with E-state index in [1.54, 1.807) is 0 Å². The lowest BCUT2D eigenvalue weighted by molar-refractivity contribution is -0.0483. The Kier molecular flexibility index (Phi) is 8.16. The van der Waals surface area contributed by atoms with Gasteiger partial charge in [0.15, 0.2) is 29.1 Å². The van der Waals surface area contributed by atoms with Crippen LogP contribution in [0.3, 0.4) is 0 Å². The smallest absolute Gasteiger partial charge is 0.340 e. The molecule has 0 saturated carbocycles. The summed E-state index contributed by atoms with van der Waals surface area (Å²) >= 11 is 6.26. The molecule has 2 aliphatic rings. The largest absolute Gasteiger partial charge is 0.387 e. The van der Waals surface area contributed by atoms with Crippen LogP contribution in [0, 0.1) is 0 Å². The van der Waals surface area contributed by atoms with Crippen LogP contribution in [0.15, 0.2) is 36.7 Å². The Morgan fingerprint density at radius 2 is 1.74 bits per heavy atom. The summed E-state index contributed by atoms with van der Waals surface area (Å²) in [4.78, 5) is 42.8. The molecule has 17 heteroatoms. The number of aliphatic hydroxyl groups is 2. The van der Waals surface area contributed by atoms with Gasteiger partial charge in [0.05, 0.1) is 12.9 Å². The first kappa shape index (κ1) is 28.6. The molecule has 5 unspecified atom stereocenters. The molecule has 14 nitrogen and oxygen atoms in total. The topological polar surface area (TPSA) is 201 Å². The maximum Gasteiger partial charge on any atom is 0.340 e. The van der Waals surface area contributed by atoms with Gasteiger partial charge in [-0.3, -0.25) is 13.7 Å². The molecule has 1 aromatic carbocycles. The van der Waals surface area contributed by atoms with Crippen molar-refractivity contribution in [3.63, 3.8) is 0 Å². The van der Waals surface area contributed by atoms with Gasteiger partial charge in [0.2, 0.25) is 5.28 Å². The Balaban J connectivity index is 1.33. The van der Waals surface area contributed by atoms with Gasteiger partial charge >= 0.3 is 15.2 Å². The minimum absolute atomic E-state index is 0.0454. The van der Waals surface area contributed by atoms with Crippen molar-refractivity contribution in [2.24, 2.45) is 0 Å². The fourth-order valence-corrected chi connectivity index (χ4v) is 7.72. The van der Waals surface area contributed by atoms with Crippen molar-refractivity contribution >= 4 is 43.8 Å². The maximum atomic E-state index is 12.0. The number of piperidine rings is 1. The van der Waals surface area contributed by atoms with E-state index in [0.29, 0.717) is 30.3 Å². The second-order valence-corrected chi connectivity index (χ2v) is 13.9. The van der Waals surface area contributed by atoms with Crippen LogP contribution in [0.5, 0.6) is 0 Å². The lowest BCUT2D eigenvalue weighted by atomic mass is 9.89. The third kappa shape index (κ3) is 6.36. The van der Waals surface area contributed by atoms with Gasteiger partial charge < -0.3 is 39.1 Å². The molecule has 2 aromatic heterocycles. The lowest BCUT2D eigenvalue weighted by Crippen LogP contribution is -2.34. The number of ether oxygens (including phenoxy) is 1. The lowest BCUT2D eigenvalue weighted by Gasteiger charge is -2.33. The van der Waals surface area contributed by atoms with Crippen molar-refractivity contribution in [1.82, 2.24) is 19.5 Å². The van der Waals surface area contributed by atoms with E-state index in [1.807, 2.05) is 18.2 Å². The number of aliphatic hydroxyl groups excluding tert-OH is 2. The number of nitrogens with zero attached hydrogens (tertiary/aromatic N) is 5. The fourth-order valence-electron chi connectivity index (χ4n) is 4.99. The van der Waals surface area contributed by atoms with E-state index < -0.39 is 52.2 Å². The van der Waals surface area contributed by atoms with Crippen LogP contribution in [-0.2, 0) is 18.4 Å². The molecule has 2 aliphatic heterocycles. The van der Waals surface area contributed by atoms with Gasteiger partial charge in [0.1, 0.15) is 18.3 Å². The first-order chi connectivity index (χ1) is 18.4. The molecule has 39 heavy (non-hydrogen) atoms. The number of anilines is 1. The number of hydrogen-bond donors (Lipinski definition) is 5. The quantitative estimate of drug-likeness (QED) is 0.184. The number of halogens is 1. The Morgan fingerprint density at radius 3 is 2.41 bits per heavy atom. The molecular weight excluding hydrogens is 576 g/mol. The molecule has 0 spiro atoms. The number of imidazole rings is 1. The summed E-state index contributed by atoms with van der Waals surface area (Å²) in [5.41, 5.74) is 1.96. The molecule has 5 atom stereocenters. The average molecular weight is 604 g/mol. The van der Waals surface area contributed by atoms with E-state index in [-0.39, 0.29) is 10.9 Å². The minimum atomic E-state index is -4.83. The van der Waals surface area contributed by atoms with Crippen molar-refractivity contribution in [3.8, 4) is 0 Å². The Labute approximate surface area is 227 Å². The van der Waals surface area contributed by atoms with Crippen LogP contribution in [0.4, 0.5) is 5.82 Å². The molecule has 0 amide bonds. The summed E-state index contributed by atoms with van der Waals surface area (Å²) in [6, 6.07) is 10.3. The van der Waals surface area contributed by atoms with Crippen molar-refractivity contribution in [1.29, 1.82) is 0 Å². The molecule has 2 saturated heterocycles. The summed E-state index contributed by atoms with van der Waals surface area (Å²) in [5.74, 6) is -0.435. The van der Waals surface area contributed by atoms with Crippen LogP contribution in [-0.4, -0.2) is 88.3 Å². The first-order valence-corrected chi connectivity index (χ1v) is 16.1. The van der Waals surface area contributed by atoms with Crippen LogP contribution in [0.1, 0.15) is 30.6 Å². The van der Waals surface area contributed by atoms with Crippen molar-refractivity contribution < 1.29 is 43.3 Å². The van der Waals surface area contributed by atoms with Gasteiger partial charge in [0, 0.05) is 13.1 Å². The highest BCUT2D eigenvalue weighted by Crippen LogP contribution is 2.55. The highest BCUT2D eigenvalue weighted by Gasteiger charge is 2.46. The third-order valence-corrected chi connectivity index (χ3v) is 10.5. The first-order valence-electron chi connectivity index (χ1n) is 12.1. The van der Waals surface area contributed by atoms with Gasteiger partial charge in [-0.2, -0.15) is 9.97 Å². The summed E-state index contributed by atoms with van der Waals surface area (Å²) in [6.07, 6.45) is -2.36. The fraction of sp³-hybridized carbons (Fsp3) is 0.500. The molecule has 5 N–H and O–H groups in total. The predicted octanol–water partition coefficient (Wildman–Crippen LogP) is 1.82. The molecule has 212 valence electrons. The molecule has 0 radical (unpaired) electrons. The number of aromatic nitrogens is 4.